The van der Waals surface area contributed by atoms with Gasteiger partial charge in [0.1, 0.15) is 11.8 Å². The van der Waals surface area contributed by atoms with Gasteiger partial charge in [0.05, 0.1) is 0 Å². The Bertz CT molecular complexity index is 778. The molecular weight excluding hydrogens is 300 g/mol. The van der Waals surface area contributed by atoms with Crippen molar-refractivity contribution in [3.63, 3.8) is 0 Å². The van der Waals surface area contributed by atoms with Crippen LogP contribution in [0, 0.1) is 6.92 Å². The Labute approximate surface area is 132 Å². The standard InChI is InChI=1S/C16H18N2O5/c1-8-12(7-15(16(21)22)18-9(2)19)13-6-11(23-10(3)20)4-5-14(13)17-8/h4-6,15,17H,7H2,1-3H3,(H,18,19)(H,21,22)/t15-/m0/s1. The third-order valence-corrected chi connectivity index (χ3v) is 3.44. The van der Waals surface area contributed by atoms with Crippen LogP contribution in [0.15, 0.2) is 18.2 Å². The fraction of sp³-hybridized carbons (Fsp3) is 0.312. The number of aromatic amines is 1. The number of carbonyl (C=O) groups is 3. The Hall–Kier alpha value is -2.83. The van der Waals surface area contributed by atoms with Crippen LogP contribution in [0.3, 0.4) is 0 Å². The van der Waals surface area contributed by atoms with Gasteiger partial charge in [-0.25, -0.2) is 4.79 Å². The third-order valence-electron chi connectivity index (χ3n) is 3.44. The third kappa shape index (κ3) is 3.88. The molecule has 0 unspecified atom stereocenters. The van der Waals surface area contributed by atoms with Crippen molar-refractivity contribution in [1.29, 1.82) is 0 Å². The van der Waals surface area contributed by atoms with Crippen molar-refractivity contribution in [2.45, 2.75) is 33.2 Å². The molecule has 0 aliphatic carbocycles. The number of fused-ring (bicyclic) bond motifs is 1. The SMILES string of the molecule is CC(=O)N[C@@H](Cc1c(C)[nH]c2ccc(OC(C)=O)cc12)C(=O)O. The number of carbonyl (C=O) groups excluding carboxylic acids is 2. The number of carboxylic acids is 1. The van der Waals surface area contributed by atoms with E-state index in [-0.39, 0.29) is 6.42 Å². The van der Waals surface area contributed by atoms with Gasteiger partial charge in [-0.3, -0.25) is 9.59 Å². The summed E-state index contributed by atoms with van der Waals surface area (Å²) >= 11 is 0. The predicted octanol–water partition coefficient (Wildman–Crippen LogP) is 1.53. The molecule has 0 aliphatic rings. The largest absolute Gasteiger partial charge is 0.480 e. The molecule has 1 aromatic heterocycles. The topological polar surface area (TPSA) is 108 Å². The van der Waals surface area contributed by atoms with E-state index in [1.54, 1.807) is 18.2 Å². The number of aromatic nitrogens is 1. The molecule has 0 aliphatic heterocycles. The molecule has 7 nitrogen and oxygen atoms in total. The van der Waals surface area contributed by atoms with E-state index in [1.807, 2.05) is 6.92 Å². The first-order chi connectivity index (χ1) is 10.8. The number of carboxylic acid groups (broad SMARTS) is 1. The molecule has 1 aromatic carbocycles. The van der Waals surface area contributed by atoms with Gasteiger partial charge >= 0.3 is 11.9 Å². The van der Waals surface area contributed by atoms with E-state index in [4.69, 9.17) is 4.74 Å². The number of ether oxygens (including phenoxy) is 1. The first-order valence-corrected chi connectivity index (χ1v) is 7.07. The van der Waals surface area contributed by atoms with Crippen molar-refractivity contribution < 1.29 is 24.2 Å². The molecular formula is C16H18N2O5. The minimum atomic E-state index is -1.11. The zero-order valence-corrected chi connectivity index (χ0v) is 13.1. The zero-order valence-electron chi connectivity index (χ0n) is 13.1. The maximum absolute atomic E-state index is 11.3. The van der Waals surface area contributed by atoms with Gasteiger partial charge in [-0.1, -0.05) is 0 Å². The van der Waals surface area contributed by atoms with E-state index in [2.05, 4.69) is 10.3 Å². The monoisotopic (exact) mass is 318 g/mol. The second-order valence-corrected chi connectivity index (χ2v) is 5.33. The summed E-state index contributed by atoms with van der Waals surface area (Å²) in [5.74, 6) is -1.56. The number of esters is 1. The van der Waals surface area contributed by atoms with Crippen molar-refractivity contribution in [3.05, 3.63) is 29.5 Å². The number of H-pyrrole nitrogens is 1. The molecule has 0 saturated heterocycles. The lowest BCUT2D eigenvalue weighted by atomic mass is 10.0. The van der Waals surface area contributed by atoms with Gasteiger partial charge in [-0.15, -0.1) is 0 Å². The number of amides is 1. The van der Waals surface area contributed by atoms with Gasteiger partial charge in [-0.05, 0) is 30.7 Å². The average molecular weight is 318 g/mol. The van der Waals surface area contributed by atoms with E-state index in [1.165, 1.54) is 13.8 Å². The number of hydrogen-bond acceptors (Lipinski definition) is 4. The van der Waals surface area contributed by atoms with Crippen LogP contribution in [0.2, 0.25) is 0 Å². The number of aliphatic carboxylic acids is 1. The summed E-state index contributed by atoms with van der Waals surface area (Å²) in [5, 5.41) is 12.4. The number of rotatable bonds is 5. The van der Waals surface area contributed by atoms with E-state index in [0.29, 0.717) is 5.75 Å². The maximum Gasteiger partial charge on any atom is 0.326 e. The second-order valence-electron chi connectivity index (χ2n) is 5.33. The van der Waals surface area contributed by atoms with Crippen LogP contribution in [0.25, 0.3) is 10.9 Å². The highest BCUT2D eigenvalue weighted by molar-refractivity contribution is 5.88. The molecule has 1 atom stereocenters. The molecule has 7 heteroatoms. The summed E-state index contributed by atoms with van der Waals surface area (Å²) in [5.41, 5.74) is 2.37. The van der Waals surface area contributed by atoms with Crippen LogP contribution in [0.5, 0.6) is 5.75 Å². The molecule has 0 spiro atoms. The molecule has 1 heterocycles. The predicted molar refractivity (Wildman–Crippen MR) is 83.3 cm³/mol. The summed E-state index contributed by atoms with van der Waals surface area (Å²) in [7, 11) is 0. The Balaban J connectivity index is 2.41. The average Bonchev–Trinajstić information content (AvgIpc) is 2.73. The fourth-order valence-corrected chi connectivity index (χ4v) is 2.50. The van der Waals surface area contributed by atoms with Crippen LogP contribution in [0.1, 0.15) is 25.1 Å². The van der Waals surface area contributed by atoms with Crippen LogP contribution in [-0.4, -0.2) is 34.0 Å². The molecule has 0 fully saturated rings. The molecule has 3 N–H and O–H groups in total. The maximum atomic E-state index is 11.3. The highest BCUT2D eigenvalue weighted by atomic mass is 16.5. The van der Waals surface area contributed by atoms with Crippen molar-refractivity contribution in [1.82, 2.24) is 10.3 Å². The summed E-state index contributed by atoms with van der Waals surface area (Å²) in [6, 6.07) is 4.08. The summed E-state index contributed by atoms with van der Waals surface area (Å²) in [6.45, 7) is 4.41. The van der Waals surface area contributed by atoms with E-state index in [9.17, 15) is 19.5 Å². The molecule has 1 amide bonds. The van der Waals surface area contributed by atoms with E-state index in [0.717, 1.165) is 22.2 Å². The van der Waals surface area contributed by atoms with Gasteiger partial charge in [0.25, 0.3) is 0 Å². The zero-order chi connectivity index (χ0) is 17.1. The van der Waals surface area contributed by atoms with Crippen LogP contribution in [-0.2, 0) is 20.8 Å². The van der Waals surface area contributed by atoms with Crippen LogP contribution >= 0.6 is 0 Å². The minimum Gasteiger partial charge on any atom is -0.480 e. The second kappa shape index (κ2) is 6.51. The minimum absolute atomic E-state index is 0.129. The van der Waals surface area contributed by atoms with E-state index >= 15 is 0 Å². The van der Waals surface area contributed by atoms with Crippen molar-refractivity contribution >= 4 is 28.7 Å². The quantitative estimate of drug-likeness (QED) is 0.572. The number of aryl methyl sites for hydroxylation is 1. The van der Waals surface area contributed by atoms with Crippen molar-refractivity contribution in [2.24, 2.45) is 0 Å². The summed E-state index contributed by atoms with van der Waals surface area (Å²) in [4.78, 5) is 36.7. The van der Waals surface area contributed by atoms with Gasteiger partial charge in [0, 0.05) is 36.9 Å². The van der Waals surface area contributed by atoms with Crippen molar-refractivity contribution in [3.8, 4) is 5.75 Å². The smallest absolute Gasteiger partial charge is 0.326 e. The summed E-state index contributed by atoms with van der Waals surface area (Å²) < 4.78 is 5.06. The molecule has 23 heavy (non-hydrogen) atoms. The Kier molecular flexibility index (Phi) is 4.68. The Morgan fingerprint density at radius 3 is 2.57 bits per heavy atom. The number of nitrogens with one attached hydrogen (secondary N) is 2. The molecule has 0 bridgehead atoms. The van der Waals surface area contributed by atoms with Crippen LogP contribution in [0.4, 0.5) is 0 Å². The molecule has 122 valence electrons. The van der Waals surface area contributed by atoms with Gasteiger partial charge in [0.2, 0.25) is 5.91 Å². The van der Waals surface area contributed by atoms with Gasteiger partial charge < -0.3 is 20.1 Å². The number of benzene rings is 1. The highest BCUT2D eigenvalue weighted by Crippen LogP contribution is 2.27. The molecule has 2 aromatic rings. The molecule has 0 saturated carbocycles. The van der Waals surface area contributed by atoms with E-state index < -0.39 is 23.9 Å². The molecule has 0 radical (unpaired) electrons. The lowest BCUT2D eigenvalue weighted by Gasteiger charge is -2.13. The van der Waals surface area contributed by atoms with Crippen LogP contribution < -0.4 is 10.1 Å². The highest BCUT2D eigenvalue weighted by Gasteiger charge is 2.22. The number of hydrogen-bond donors (Lipinski definition) is 3. The lowest BCUT2D eigenvalue weighted by molar-refractivity contribution is -0.141. The summed E-state index contributed by atoms with van der Waals surface area (Å²) in [6.07, 6.45) is 0.129. The molecule has 2 rings (SSSR count). The fourth-order valence-electron chi connectivity index (χ4n) is 2.50. The first-order valence-electron chi connectivity index (χ1n) is 7.07. The van der Waals surface area contributed by atoms with Crippen molar-refractivity contribution in [2.75, 3.05) is 0 Å². The van der Waals surface area contributed by atoms with Gasteiger partial charge in [0.15, 0.2) is 0 Å². The Morgan fingerprint density at radius 2 is 2.00 bits per heavy atom. The van der Waals surface area contributed by atoms with Gasteiger partial charge in [-0.2, -0.15) is 0 Å². The Morgan fingerprint density at radius 1 is 1.30 bits per heavy atom. The normalized spacial score (nSPS) is 12.0. The first kappa shape index (κ1) is 16.5. The lowest BCUT2D eigenvalue weighted by Crippen LogP contribution is -2.41.